The van der Waals surface area contributed by atoms with Gasteiger partial charge < -0.3 is 5.32 Å². The van der Waals surface area contributed by atoms with Gasteiger partial charge in [0.1, 0.15) is 17.5 Å². The number of fused-ring (bicyclic) bond motifs is 1. The van der Waals surface area contributed by atoms with Crippen LogP contribution >= 0.6 is 0 Å². The van der Waals surface area contributed by atoms with Crippen LogP contribution in [-0.2, 0) is 0 Å². The number of carbonyl (C=O) groups excluding carboxylic acids is 1. The average Bonchev–Trinajstić information content (AvgIpc) is 2.97. The Balaban J connectivity index is 0.000000847. The predicted octanol–water partition coefficient (Wildman–Crippen LogP) is 2.46. The van der Waals surface area contributed by atoms with Gasteiger partial charge in [0.05, 0.1) is 5.69 Å². The molecule has 3 aromatic rings. The first-order chi connectivity index (χ1) is 10.7. The zero-order valence-electron chi connectivity index (χ0n) is 13.0. The molecule has 0 saturated heterocycles. The van der Waals surface area contributed by atoms with E-state index >= 15 is 0 Å². The minimum absolute atomic E-state index is 0.164. The molecule has 0 spiro atoms. The third kappa shape index (κ3) is 2.65. The summed E-state index contributed by atoms with van der Waals surface area (Å²) in [6.45, 7) is 5.46. The van der Waals surface area contributed by atoms with Crippen LogP contribution in [0.5, 0.6) is 0 Å². The molecule has 3 aromatic heterocycles. The fourth-order valence-electron chi connectivity index (χ4n) is 2.03. The van der Waals surface area contributed by atoms with Crippen LogP contribution in [0.4, 0.5) is 5.82 Å². The largest absolute Gasteiger partial charge is 0.371 e. The van der Waals surface area contributed by atoms with Crippen LogP contribution in [0.25, 0.3) is 16.9 Å². The molecule has 0 atom stereocenters. The van der Waals surface area contributed by atoms with E-state index in [-0.39, 0.29) is 11.6 Å². The molecular formula is C15H18N6O. The van der Waals surface area contributed by atoms with E-state index in [2.05, 4.69) is 25.4 Å². The fraction of sp³-hybridized carbons (Fsp3) is 0.267. The highest BCUT2D eigenvalue weighted by molar-refractivity contribution is 5.95. The van der Waals surface area contributed by atoms with Gasteiger partial charge in [-0.05, 0) is 12.1 Å². The first kappa shape index (κ1) is 15.6. The Bertz CT molecular complexity index is 781. The van der Waals surface area contributed by atoms with Gasteiger partial charge in [-0.2, -0.15) is 5.10 Å². The summed E-state index contributed by atoms with van der Waals surface area (Å²) in [6.07, 6.45) is 3.06. The van der Waals surface area contributed by atoms with Crippen LogP contribution in [0.2, 0.25) is 0 Å². The van der Waals surface area contributed by atoms with Gasteiger partial charge in [0, 0.05) is 20.2 Å². The van der Waals surface area contributed by atoms with Crippen molar-refractivity contribution in [2.24, 2.45) is 0 Å². The smallest absolute Gasteiger partial charge is 0.198 e. The fourth-order valence-corrected chi connectivity index (χ4v) is 2.03. The van der Waals surface area contributed by atoms with Crippen molar-refractivity contribution in [1.82, 2.24) is 24.6 Å². The van der Waals surface area contributed by atoms with Gasteiger partial charge in [0.2, 0.25) is 0 Å². The first-order valence-corrected chi connectivity index (χ1v) is 7.06. The maximum absolute atomic E-state index is 11.7. The minimum Gasteiger partial charge on any atom is -0.371 e. The lowest BCUT2D eigenvalue weighted by molar-refractivity contribution is 0.100. The van der Waals surface area contributed by atoms with Gasteiger partial charge in [0.15, 0.2) is 17.4 Å². The van der Waals surface area contributed by atoms with Crippen LogP contribution in [-0.4, -0.2) is 37.4 Å². The quantitative estimate of drug-likeness (QED) is 0.748. The molecule has 0 amide bonds. The highest BCUT2D eigenvalue weighted by Crippen LogP contribution is 2.26. The van der Waals surface area contributed by atoms with Crippen molar-refractivity contribution in [2.45, 2.75) is 20.8 Å². The molecule has 0 fully saturated rings. The number of pyridine rings is 1. The number of nitrogens with one attached hydrogen (secondary N) is 1. The number of Topliss-reactive ketones (excluding diaryl/α,β-unsaturated/α-hetero) is 1. The monoisotopic (exact) mass is 298 g/mol. The number of imidazole rings is 1. The molecule has 3 rings (SSSR count). The van der Waals surface area contributed by atoms with Crippen LogP contribution < -0.4 is 5.32 Å². The van der Waals surface area contributed by atoms with E-state index in [4.69, 9.17) is 0 Å². The second-order valence-corrected chi connectivity index (χ2v) is 4.17. The number of nitrogens with zero attached hydrogens (tertiary/aromatic N) is 5. The van der Waals surface area contributed by atoms with Gasteiger partial charge in [-0.3, -0.25) is 9.78 Å². The Kier molecular flexibility index (Phi) is 4.77. The van der Waals surface area contributed by atoms with Crippen molar-refractivity contribution in [2.75, 3.05) is 12.4 Å². The Hall–Kier alpha value is -2.83. The highest BCUT2D eigenvalue weighted by atomic mass is 16.1. The maximum atomic E-state index is 11.7. The number of rotatable bonds is 3. The van der Waals surface area contributed by atoms with Crippen LogP contribution in [0, 0.1) is 0 Å². The molecule has 3 heterocycles. The van der Waals surface area contributed by atoms with E-state index < -0.39 is 0 Å². The summed E-state index contributed by atoms with van der Waals surface area (Å²) in [5, 5.41) is 7.09. The van der Waals surface area contributed by atoms with E-state index in [9.17, 15) is 4.79 Å². The molecular weight excluding hydrogens is 280 g/mol. The molecule has 0 aliphatic rings. The molecule has 22 heavy (non-hydrogen) atoms. The zero-order valence-corrected chi connectivity index (χ0v) is 13.0. The molecule has 1 N–H and O–H groups in total. The van der Waals surface area contributed by atoms with Crippen molar-refractivity contribution >= 4 is 17.1 Å². The molecule has 0 radical (unpaired) electrons. The number of carbonyl (C=O) groups is 1. The predicted molar refractivity (Wildman–Crippen MR) is 84.9 cm³/mol. The number of aromatic nitrogens is 5. The zero-order chi connectivity index (χ0) is 16.1. The minimum atomic E-state index is -0.164. The van der Waals surface area contributed by atoms with Crippen molar-refractivity contribution < 1.29 is 4.79 Å². The summed E-state index contributed by atoms with van der Waals surface area (Å²) in [4.78, 5) is 24.5. The summed E-state index contributed by atoms with van der Waals surface area (Å²) < 4.78 is 1.49. The van der Waals surface area contributed by atoms with Crippen LogP contribution in [0.1, 0.15) is 31.4 Å². The first-order valence-electron chi connectivity index (χ1n) is 7.06. The third-order valence-electron chi connectivity index (χ3n) is 2.89. The van der Waals surface area contributed by atoms with Crippen LogP contribution in [0.3, 0.4) is 0 Å². The van der Waals surface area contributed by atoms with Crippen molar-refractivity contribution in [3.63, 3.8) is 0 Å². The molecule has 0 aromatic carbocycles. The van der Waals surface area contributed by atoms with E-state index in [1.165, 1.54) is 17.8 Å². The Morgan fingerprint density at radius 2 is 2.00 bits per heavy atom. The summed E-state index contributed by atoms with van der Waals surface area (Å²) in [6, 6.07) is 5.52. The van der Waals surface area contributed by atoms with E-state index in [1.807, 2.05) is 32.0 Å². The standard InChI is InChI=1S/C13H12N6O.C2H6/c1-8(20)13-18-10(9-5-3-4-6-15-9)11-12(14-2)16-7-17-19(11)13;1-2/h3-7H,1-2H3,(H,14,16,17);1-2H3. The Morgan fingerprint density at radius 3 is 2.59 bits per heavy atom. The Labute approximate surface area is 128 Å². The van der Waals surface area contributed by atoms with Gasteiger partial charge in [0.25, 0.3) is 0 Å². The van der Waals surface area contributed by atoms with E-state index in [0.29, 0.717) is 22.7 Å². The lowest BCUT2D eigenvalue weighted by Crippen LogP contribution is -2.05. The van der Waals surface area contributed by atoms with E-state index in [0.717, 1.165) is 0 Å². The molecule has 0 aliphatic carbocycles. The molecule has 7 heteroatoms. The van der Waals surface area contributed by atoms with Crippen LogP contribution in [0.15, 0.2) is 30.7 Å². The molecule has 7 nitrogen and oxygen atoms in total. The summed E-state index contributed by atoms with van der Waals surface area (Å²) in [7, 11) is 1.75. The van der Waals surface area contributed by atoms with E-state index in [1.54, 1.807) is 13.2 Å². The second kappa shape index (κ2) is 6.75. The lowest BCUT2D eigenvalue weighted by atomic mass is 10.2. The molecule has 0 unspecified atom stereocenters. The maximum Gasteiger partial charge on any atom is 0.198 e. The van der Waals surface area contributed by atoms with Crippen molar-refractivity contribution in [3.05, 3.63) is 36.5 Å². The molecule has 114 valence electrons. The summed E-state index contributed by atoms with van der Waals surface area (Å²) in [5.41, 5.74) is 1.89. The lowest BCUT2D eigenvalue weighted by Gasteiger charge is -2.03. The van der Waals surface area contributed by atoms with Gasteiger partial charge in [-0.25, -0.2) is 14.5 Å². The topological polar surface area (TPSA) is 85.1 Å². The van der Waals surface area contributed by atoms with Crippen molar-refractivity contribution in [1.29, 1.82) is 0 Å². The average molecular weight is 298 g/mol. The van der Waals surface area contributed by atoms with Crippen molar-refractivity contribution in [3.8, 4) is 11.4 Å². The molecule has 0 aliphatic heterocycles. The summed E-state index contributed by atoms with van der Waals surface area (Å²) in [5.74, 6) is 0.697. The highest BCUT2D eigenvalue weighted by Gasteiger charge is 2.20. The second-order valence-electron chi connectivity index (χ2n) is 4.17. The summed E-state index contributed by atoms with van der Waals surface area (Å²) >= 11 is 0. The van der Waals surface area contributed by atoms with Gasteiger partial charge >= 0.3 is 0 Å². The van der Waals surface area contributed by atoms with Gasteiger partial charge in [-0.1, -0.05) is 19.9 Å². The number of hydrogen-bond acceptors (Lipinski definition) is 6. The normalized spacial score (nSPS) is 10.0. The molecule has 0 saturated carbocycles. The van der Waals surface area contributed by atoms with Gasteiger partial charge in [-0.15, -0.1) is 0 Å². The third-order valence-corrected chi connectivity index (χ3v) is 2.89. The molecule has 0 bridgehead atoms. The number of anilines is 1. The number of ketones is 1. The number of hydrogen-bond donors (Lipinski definition) is 1. The SMILES string of the molecule is CC.CNc1ncnn2c(C(C)=O)nc(-c3ccccn3)c12. The Morgan fingerprint density at radius 1 is 1.23 bits per heavy atom.